The van der Waals surface area contributed by atoms with Gasteiger partial charge in [-0.25, -0.2) is 0 Å². The molecule has 2 aromatic rings. The van der Waals surface area contributed by atoms with Crippen LogP contribution in [0.2, 0.25) is 0 Å². The number of nitrogens with zero attached hydrogens (tertiary/aromatic N) is 4. The smallest absolute Gasteiger partial charge is 0.197 e. The number of rotatable bonds is 0. The average Bonchev–Trinajstić information content (AvgIpc) is 2.67. The van der Waals surface area contributed by atoms with Crippen molar-refractivity contribution in [1.82, 2.24) is 9.19 Å². The van der Waals surface area contributed by atoms with Crippen molar-refractivity contribution in [2.45, 2.75) is 27.7 Å². The second-order valence-electron chi connectivity index (χ2n) is 4.46. The molecule has 1 aliphatic rings. The lowest BCUT2D eigenvalue weighted by atomic mass is 10.1. The van der Waals surface area contributed by atoms with Gasteiger partial charge in [0.1, 0.15) is 0 Å². The number of aromatic nitrogens is 4. The van der Waals surface area contributed by atoms with Crippen molar-refractivity contribution in [2.75, 3.05) is 0 Å². The van der Waals surface area contributed by atoms with E-state index in [0.29, 0.717) is 0 Å². The molecule has 1 aliphatic heterocycles. The molecule has 0 aliphatic carbocycles. The van der Waals surface area contributed by atoms with Crippen LogP contribution in [-0.4, -0.2) is 24.3 Å². The van der Waals surface area contributed by atoms with Crippen molar-refractivity contribution in [2.24, 2.45) is 0 Å². The Morgan fingerprint density at radius 2 is 1.31 bits per heavy atom. The molecule has 16 heavy (non-hydrogen) atoms. The number of fused-ring (bicyclic) bond motifs is 2. The fourth-order valence-corrected chi connectivity index (χ4v) is 2.34. The largest absolute Gasteiger partial charge is 1.04 e. The first-order valence-corrected chi connectivity index (χ1v) is 5.48. The fourth-order valence-electron chi connectivity index (χ4n) is 2.34. The normalized spacial score (nSPS) is 12.8. The summed E-state index contributed by atoms with van der Waals surface area (Å²) in [7, 11) is 4.23. The van der Waals surface area contributed by atoms with Gasteiger partial charge in [0.05, 0.1) is 11.4 Å². The highest BCUT2D eigenvalue weighted by Gasteiger charge is 2.44. The van der Waals surface area contributed by atoms with Gasteiger partial charge < -0.3 is 0 Å². The average molecular weight is 212 g/mol. The lowest BCUT2D eigenvalue weighted by Crippen LogP contribution is -2.74. The Morgan fingerprint density at radius 3 is 1.75 bits per heavy atom. The molecule has 0 aromatic carbocycles. The van der Waals surface area contributed by atoms with Crippen molar-refractivity contribution in [3.63, 3.8) is 0 Å². The SMILES string of the molecule is Cc1cc(C)[n+]2n1[B]n1c(C)cc(C)[n+]1[B]2. The summed E-state index contributed by atoms with van der Waals surface area (Å²) >= 11 is 0. The highest BCUT2D eigenvalue weighted by atomic mass is 15.5. The summed E-state index contributed by atoms with van der Waals surface area (Å²) in [5.41, 5.74) is 4.97. The van der Waals surface area contributed by atoms with Gasteiger partial charge in [0, 0.05) is 26.0 Å². The highest BCUT2D eigenvalue weighted by Crippen LogP contribution is 2.03. The van der Waals surface area contributed by atoms with Gasteiger partial charge in [-0.15, -0.1) is 9.19 Å². The Hall–Kier alpha value is -1.45. The van der Waals surface area contributed by atoms with E-state index in [1.165, 1.54) is 22.8 Å². The van der Waals surface area contributed by atoms with Gasteiger partial charge in [0.2, 0.25) is 0 Å². The van der Waals surface area contributed by atoms with Gasteiger partial charge in [0.25, 0.3) is 0 Å². The van der Waals surface area contributed by atoms with Crippen LogP contribution in [0.4, 0.5) is 0 Å². The van der Waals surface area contributed by atoms with Crippen molar-refractivity contribution in [3.05, 3.63) is 34.9 Å². The monoisotopic (exact) mass is 212 g/mol. The van der Waals surface area contributed by atoms with Gasteiger partial charge in [-0.05, 0) is 13.8 Å². The minimum Gasteiger partial charge on any atom is -0.197 e. The highest BCUT2D eigenvalue weighted by molar-refractivity contribution is 6.32. The van der Waals surface area contributed by atoms with Crippen LogP contribution in [0.3, 0.4) is 0 Å². The number of hydrogen-bond donors (Lipinski definition) is 0. The lowest BCUT2D eigenvalue weighted by molar-refractivity contribution is -0.748. The van der Waals surface area contributed by atoms with E-state index >= 15 is 0 Å². The summed E-state index contributed by atoms with van der Waals surface area (Å²) in [4.78, 5) is 0. The van der Waals surface area contributed by atoms with E-state index in [9.17, 15) is 0 Å². The first-order chi connectivity index (χ1) is 7.58. The fraction of sp³-hybridized carbons (Fsp3) is 0.400. The minimum absolute atomic E-state index is 1.24. The molecule has 0 unspecified atom stereocenters. The third-order valence-corrected chi connectivity index (χ3v) is 3.18. The maximum atomic E-state index is 2.19. The first-order valence-electron chi connectivity index (χ1n) is 5.48. The molecule has 3 rings (SSSR count). The van der Waals surface area contributed by atoms with Crippen LogP contribution in [-0.2, 0) is 0 Å². The maximum absolute atomic E-state index is 2.19. The molecule has 0 amide bonds. The van der Waals surface area contributed by atoms with Gasteiger partial charge in [-0.3, -0.25) is 0 Å². The predicted molar refractivity (Wildman–Crippen MR) is 61.3 cm³/mol. The molecule has 0 saturated heterocycles. The third kappa shape index (κ3) is 1.13. The summed E-state index contributed by atoms with van der Waals surface area (Å²) in [5, 5.41) is 0. The summed E-state index contributed by atoms with van der Waals surface area (Å²) in [6.45, 7) is 8.48. The topological polar surface area (TPSA) is 17.6 Å². The van der Waals surface area contributed by atoms with E-state index < -0.39 is 0 Å². The molecule has 0 atom stereocenters. The van der Waals surface area contributed by atoms with Crippen molar-refractivity contribution >= 4 is 15.1 Å². The Kier molecular flexibility index (Phi) is 1.85. The molecule has 0 spiro atoms. The maximum Gasteiger partial charge on any atom is 1.04 e. The van der Waals surface area contributed by atoms with Gasteiger partial charge in [-0.1, -0.05) is 0 Å². The van der Waals surface area contributed by atoms with Crippen molar-refractivity contribution in [3.8, 4) is 0 Å². The zero-order chi connectivity index (χ0) is 11.4. The molecule has 3 heterocycles. The third-order valence-electron chi connectivity index (χ3n) is 3.18. The van der Waals surface area contributed by atoms with E-state index in [1.54, 1.807) is 0 Å². The summed E-state index contributed by atoms with van der Waals surface area (Å²) in [6, 6.07) is 4.37. The molecule has 0 N–H and O–H groups in total. The zero-order valence-electron chi connectivity index (χ0n) is 10.1. The molecule has 78 valence electrons. The van der Waals surface area contributed by atoms with Gasteiger partial charge >= 0.3 is 15.1 Å². The molecule has 2 aromatic heterocycles. The summed E-state index contributed by atoms with van der Waals surface area (Å²) < 4.78 is 8.62. The van der Waals surface area contributed by atoms with E-state index in [-0.39, 0.29) is 0 Å². The second kappa shape index (κ2) is 3.03. The summed E-state index contributed by atoms with van der Waals surface area (Å²) in [6.07, 6.45) is 0. The number of hydrogen-bond acceptors (Lipinski definition) is 0. The van der Waals surface area contributed by atoms with E-state index in [2.05, 4.69) is 73.3 Å². The minimum atomic E-state index is 1.24. The van der Waals surface area contributed by atoms with Gasteiger partial charge in [-0.2, -0.15) is 9.19 Å². The second-order valence-corrected chi connectivity index (χ2v) is 4.46. The number of aryl methyl sites for hydroxylation is 4. The Morgan fingerprint density at radius 1 is 0.875 bits per heavy atom. The first kappa shape index (κ1) is 9.75. The van der Waals surface area contributed by atoms with E-state index in [4.69, 9.17) is 0 Å². The quantitative estimate of drug-likeness (QED) is 0.437. The molecule has 0 saturated carbocycles. The Labute approximate surface area is 96.6 Å². The van der Waals surface area contributed by atoms with Crippen LogP contribution < -0.4 is 9.19 Å². The molecule has 0 bridgehead atoms. The zero-order valence-corrected chi connectivity index (χ0v) is 10.1. The van der Waals surface area contributed by atoms with Crippen molar-refractivity contribution < 1.29 is 9.19 Å². The van der Waals surface area contributed by atoms with Crippen LogP contribution in [0.25, 0.3) is 0 Å². The molecule has 6 heteroatoms. The Bertz CT molecular complexity index is 485. The van der Waals surface area contributed by atoms with Crippen LogP contribution in [0.15, 0.2) is 12.1 Å². The van der Waals surface area contributed by atoms with E-state index in [0.717, 1.165) is 0 Å². The Balaban J connectivity index is 2.20. The van der Waals surface area contributed by atoms with Gasteiger partial charge in [0.15, 0.2) is 11.4 Å². The van der Waals surface area contributed by atoms with Crippen LogP contribution in [0.1, 0.15) is 22.8 Å². The molecular formula is C10H14B2N4+2. The molecule has 2 radical (unpaired) electrons. The molecular weight excluding hydrogens is 198 g/mol. The molecule has 0 fully saturated rings. The lowest BCUT2D eigenvalue weighted by Gasteiger charge is -2.08. The predicted octanol–water partition coefficient (Wildman–Crippen LogP) is -0.727. The van der Waals surface area contributed by atoms with Crippen LogP contribution in [0, 0.1) is 27.7 Å². The van der Waals surface area contributed by atoms with Crippen LogP contribution in [0.5, 0.6) is 0 Å². The van der Waals surface area contributed by atoms with Crippen molar-refractivity contribution in [1.29, 1.82) is 0 Å². The molecule has 4 nitrogen and oxygen atoms in total. The standard InChI is InChI=1S/C10H14B2N4/c1-7-5-8(2)14-12-16-10(4)6-9(3)15(16)11-13(7)14/h5-6H,1-4H3/q+2. The van der Waals surface area contributed by atoms with E-state index in [1.807, 2.05) is 0 Å². The van der Waals surface area contributed by atoms with Crippen LogP contribution >= 0.6 is 0 Å². The summed E-state index contributed by atoms with van der Waals surface area (Å²) in [5.74, 6) is 0.